The molecular weight excluding hydrogens is 320 g/mol. The summed E-state index contributed by atoms with van der Waals surface area (Å²) in [4.78, 5) is 20.0. The van der Waals surface area contributed by atoms with E-state index in [4.69, 9.17) is 4.74 Å². The molecule has 1 amide bonds. The zero-order valence-corrected chi connectivity index (χ0v) is 14.8. The Morgan fingerprint density at radius 2 is 1.92 bits per heavy atom. The maximum Gasteiger partial charge on any atom is 0.263 e. The highest BCUT2D eigenvalue weighted by Gasteiger charge is 2.35. The lowest BCUT2D eigenvalue weighted by Gasteiger charge is -2.26. The average Bonchev–Trinajstić information content (AvgIpc) is 3.45. The average molecular weight is 342 g/mol. The summed E-state index contributed by atoms with van der Waals surface area (Å²) in [5, 5.41) is 0. The fourth-order valence-electron chi connectivity index (χ4n) is 2.60. The lowest BCUT2D eigenvalue weighted by molar-refractivity contribution is -0.139. The van der Waals surface area contributed by atoms with Gasteiger partial charge in [-0.2, -0.15) is 0 Å². The molecular formula is C19H22N2O2S. The van der Waals surface area contributed by atoms with Gasteiger partial charge in [0.1, 0.15) is 5.75 Å². The molecule has 5 heteroatoms. The largest absolute Gasteiger partial charge is 0.481 e. The molecule has 1 aliphatic carbocycles. The number of rotatable bonds is 7. The van der Waals surface area contributed by atoms with Crippen molar-refractivity contribution in [2.24, 2.45) is 0 Å². The number of aromatic nitrogens is 1. The third kappa shape index (κ3) is 4.29. The number of nitrogens with zero attached hydrogens (tertiary/aromatic N) is 2. The summed E-state index contributed by atoms with van der Waals surface area (Å²) in [5.41, 5.74) is 1.10. The summed E-state index contributed by atoms with van der Waals surface area (Å²) >= 11 is 1.69. The number of amides is 1. The molecule has 1 heterocycles. The van der Waals surface area contributed by atoms with Crippen molar-refractivity contribution in [2.45, 2.75) is 43.4 Å². The van der Waals surface area contributed by atoms with Crippen molar-refractivity contribution in [1.29, 1.82) is 0 Å². The smallest absolute Gasteiger partial charge is 0.263 e. The summed E-state index contributed by atoms with van der Waals surface area (Å²) in [6, 6.07) is 12.1. The second kappa shape index (κ2) is 7.71. The molecule has 3 rings (SSSR count). The lowest BCUT2D eigenvalue weighted by Crippen LogP contribution is -2.41. The molecule has 0 saturated heterocycles. The SMILES string of the molecule is CSc1ccc(O[C@H](C)C(=O)N(Cc2ccncc2)C2CC2)cc1. The van der Waals surface area contributed by atoms with Crippen molar-refractivity contribution in [3.8, 4) is 5.75 Å². The zero-order valence-electron chi connectivity index (χ0n) is 14.0. The fourth-order valence-corrected chi connectivity index (χ4v) is 3.01. The van der Waals surface area contributed by atoms with Crippen LogP contribution in [0.4, 0.5) is 0 Å². The van der Waals surface area contributed by atoms with Gasteiger partial charge in [0.05, 0.1) is 0 Å². The van der Waals surface area contributed by atoms with E-state index in [2.05, 4.69) is 4.98 Å². The van der Waals surface area contributed by atoms with Gasteiger partial charge in [0.15, 0.2) is 6.10 Å². The third-order valence-corrected chi connectivity index (χ3v) is 4.84. The van der Waals surface area contributed by atoms with Crippen molar-refractivity contribution in [3.63, 3.8) is 0 Å². The predicted molar refractivity (Wildman–Crippen MR) is 96.1 cm³/mol. The van der Waals surface area contributed by atoms with E-state index in [9.17, 15) is 4.79 Å². The minimum absolute atomic E-state index is 0.0447. The number of carbonyl (C=O) groups is 1. The van der Waals surface area contributed by atoms with E-state index >= 15 is 0 Å². The highest BCUT2D eigenvalue weighted by atomic mass is 32.2. The van der Waals surface area contributed by atoms with Crippen LogP contribution in [-0.4, -0.2) is 34.2 Å². The van der Waals surface area contributed by atoms with Crippen LogP contribution in [0.3, 0.4) is 0 Å². The standard InChI is InChI=1S/C19H22N2O2S/c1-14(23-17-5-7-18(24-2)8-6-17)19(22)21(16-3-4-16)13-15-9-11-20-12-10-15/h5-12,14,16H,3-4,13H2,1-2H3/t14-/m1/s1. The Hall–Kier alpha value is -2.01. The van der Waals surface area contributed by atoms with Gasteiger partial charge in [-0.15, -0.1) is 11.8 Å². The Kier molecular flexibility index (Phi) is 5.41. The van der Waals surface area contributed by atoms with Crippen molar-refractivity contribution >= 4 is 17.7 Å². The molecule has 0 spiro atoms. The molecule has 126 valence electrons. The second-order valence-corrected chi connectivity index (χ2v) is 6.87. The lowest BCUT2D eigenvalue weighted by atomic mass is 10.2. The first-order valence-corrected chi connectivity index (χ1v) is 9.40. The van der Waals surface area contributed by atoms with Gasteiger partial charge in [0.25, 0.3) is 5.91 Å². The quantitative estimate of drug-likeness (QED) is 0.719. The summed E-state index contributed by atoms with van der Waals surface area (Å²) < 4.78 is 5.86. The van der Waals surface area contributed by atoms with Crippen LogP contribution in [0.1, 0.15) is 25.3 Å². The molecule has 0 bridgehead atoms. The van der Waals surface area contributed by atoms with Gasteiger partial charge >= 0.3 is 0 Å². The first-order valence-electron chi connectivity index (χ1n) is 8.17. The number of carbonyl (C=O) groups excluding carboxylic acids is 1. The normalized spacial score (nSPS) is 14.9. The predicted octanol–water partition coefficient (Wildman–Crippen LogP) is 3.76. The fraction of sp³-hybridized carbons (Fsp3) is 0.368. The molecule has 1 aliphatic rings. The van der Waals surface area contributed by atoms with E-state index in [1.807, 2.05) is 54.5 Å². The first-order chi connectivity index (χ1) is 11.7. The second-order valence-electron chi connectivity index (χ2n) is 5.99. The van der Waals surface area contributed by atoms with E-state index in [-0.39, 0.29) is 5.91 Å². The molecule has 0 radical (unpaired) electrons. The summed E-state index contributed by atoms with van der Waals surface area (Å²) in [7, 11) is 0. The van der Waals surface area contributed by atoms with Crippen LogP contribution in [0.2, 0.25) is 0 Å². The number of hydrogen-bond donors (Lipinski definition) is 0. The number of benzene rings is 1. The molecule has 0 N–H and O–H groups in total. The molecule has 24 heavy (non-hydrogen) atoms. The van der Waals surface area contributed by atoms with Crippen molar-refractivity contribution in [3.05, 3.63) is 54.4 Å². The Labute approximate surface area is 147 Å². The molecule has 4 nitrogen and oxygen atoms in total. The van der Waals surface area contributed by atoms with E-state index < -0.39 is 6.10 Å². The monoisotopic (exact) mass is 342 g/mol. The number of ether oxygens (including phenoxy) is 1. The van der Waals surface area contributed by atoms with Crippen LogP contribution in [0.25, 0.3) is 0 Å². The van der Waals surface area contributed by atoms with Gasteiger partial charge in [-0.25, -0.2) is 0 Å². The van der Waals surface area contributed by atoms with Gasteiger partial charge in [0, 0.05) is 29.9 Å². The van der Waals surface area contributed by atoms with E-state index in [1.165, 1.54) is 4.90 Å². The van der Waals surface area contributed by atoms with Gasteiger partial charge in [0.2, 0.25) is 0 Å². The maximum absolute atomic E-state index is 12.8. The van der Waals surface area contributed by atoms with Crippen molar-refractivity contribution < 1.29 is 9.53 Å². The molecule has 1 saturated carbocycles. The van der Waals surface area contributed by atoms with Crippen molar-refractivity contribution in [2.75, 3.05) is 6.26 Å². The number of hydrogen-bond acceptors (Lipinski definition) is 4. The molecule has 2 aromatic rings. The van der Waals surface area contributed by atoms with Crippen LogP contribution in [0.5, 0.6) is 5.75 Å². The van der Waals surface area contributed by atoms with Gasteiger partial charge in [-0.1, -0.05) is 0 Å². The minimum atomic E-state index is -0.493. The van der Waals surface area contributed by atoms with Crippen LogP contribution < -0.4 is 4.74 Å². The Balaban J connectivity index is 1.65. The zero-order chi connectivity index (χ0) is 16.9. The molecule has 0 unspecified atom stereocenters. The summed E-state index contributed by atoms with van der Waals surface area (Å²) in [6.07, 6.45) is 7.22. The van der Waals surface area contributed by atoms with Crippen LogP contribution in [-0.2, 0) is 11.3 Å². The topological polar surface area (TPSA) is 42.4 Å². The molecule has 1 aromatic carbocycles. The number of thioether (sulfide) groups is 1. The Morgan fingerprint density at radius 3 is 2.50 bits per heavy atom. The molecule has 0 aliphatic heterocycles. The number of pyridine rings is 1. The van der Waals surface area contributed by atoms with Gasteiger partial charge < -0.3 is 9.64 Å². The Bertz CT molecular complexity index is 672. The minimum Gasteiger partial charge on any atom is -0.481 e. The van der Waals surface area contributed by atoms with E-state index in [1.54, 1.807) is 24.2 Å². The molecule has 1 fully saturated rings. The van der Waals surface area contributed by atoms with Crippen LogP contribution in [0.15, 0.2) is 53.7 Å². The maximum atomic E-state index is 12.8. The van der Waals surface area contributed by atoms with Crippen LogP contribution in [0, 0.1) is 0 Å². The van der Waals surface area contributed by atoms with Crippen molar-refractivity contribution in [1.82, 2.24) is 9.88 Å². The molecule has 1 aromatic heterocycles. The van der Waals surface area contributed by atoms with Gasteiger partial charge in [-0.3, -0.25) is 9.78 Å². The van der Waals surface area contributed by atoms with E-state index in [0.29, 0.717) is 12.6 Å². The summed E-state index contributed by atoms with van der Waals surface area (Å²) in [5.74, 6) is 0.775. The third-order valence-electron chi connectivity index (χ3n) is 4.09. The summed E-state index contributed by atoms with van der Waals surface area (Å²) in [6.45, 7) is 2.44. The van der Waals surface area contributed by atoms with Crippen LogP contribution >= 0.6 is 11.8 Å². The van der Waals surface area contributed by atoms with Gasteiger partial charge in [-0.05, 0) is 68.0 Å². The molecule has 1 atom stereocenters. The Morgan fingerprint density at radius 1 is 1.25 bits per heavy atom. The highest BCUT2D eigenvalue weighted by molar-refractivity contribution is 7.98. The highest BCUT2D eigenvalue weighted by Crippen LogP contribution is 2.29. The first kappa shape index (κ1) is 16.8. The van der Waals surface area contributed by atoms with E-state index in [0.717, 1.165) is 24.2 Å².